The Morgan fingerprint density at radius 1 is 1.24 bits per heavy atom. The highest BCUT2D eigenvalue weighted by atomic mass is 79.9. The summed E-state index contributed by atoms with van der Waals surface area (Å²) in [5.41, 5.74) is 1.84. The number of benzene rings is 2. The zero-order chi connectivity index (χ0) is 17.8. The van der Waals surface area contributed by atoms with Crippen LogP contribution in [0.2, 0.25) is 0 Å². The van der Waals surface area contributed by atoms with Gasteiger partial charge >= 0.3 is 0 Å². The standard InChI is InChI=1S/C18H17BrN4OS/c1-12(2)24-16-5-3-4-14(10-16)17-21-22-18(25)23(17)20-11-13-6-8-15(19)9-7-13/h3-12H,1-2H3,(H,22,25)/b20-11+. The molecule has 0 aliphatic heterocycles. The van der Waals surface area contributed by atoms with Crippen molar-refractivity contribution in [2.24, 2.45) is 5.10 Å². The Hall–Kier alpha value is -2.25. The Labute approximate surface area is 159 Å². The third-order valence-corrected chi connectivity index (χ3v) is 4.10. The third kappa shape index (κ3) is 4.43. The van der Waals surface area contributed by atoms with Gasteiger partial charge in [-0.05, 0) is 55.9 Å². The molecule has 0 saturated carbocycles. The summed E-state index contributed by atoms with van der Waals surface area (Å²) in [5.74, 6) is 1.41. The maximum atomic E-state index is 5.75. The highest BCUT2D eigenvalue weighted by molar-refractivity contribution is 9.10. The largest absolute Gasteiger partial charge is 0.491 e. The Balaban J connectivity index is 1.94. The number of aromatic nitrogens is 3. The Morgan fingerprint density at radius 2 is 2.00 bits per heavy atom. The van der Waals surface area contributed by atoms with Crippen LogP contribution in [0.5, 0.6) is 5.75 Å². The van der Waals surface area contributed by atoms with Crippen molar-refractivity contribution in [2.45, 2.75) is 20.0 Å². The maximum Gasteiger partial charge on any atom is 0.216 e. The number of hydrogen-bond acceptors (Lipinski definition) is 4. The molecule has 1 aromatic heterocycles. The van der Waals surface area contributed by atoms with E-state index in [2.05, 4.69) is 31.2 Å². The summed E-state index contributed by atoms with van der Waals surface area (Å²) < 4.78 is 8.80. The molecule has 0 aliphatic rings. The molecule has 0 radical (unpaired) electrons. The molecule has 0 unspecified atom stereocenters. The van der Waals surface area contributed by atoms with Gasteiger partial charge in [-0.25, -0.2) is 5.10 Å². The van der Waals surface area contributed by atoms with Gasteiger partial charge in [0.05, 0.1) is 12.3 Å². The number of nitrogens with one attached hydrogen (secondary N) is 1. The van der Waals surface area contributed by atoms with E-state index in [0.29, 0.717) is 10.6 Å². The summed E-state index contributed by atoms with van der Waals surface area (Å²) in [6, 6.07) is 15.6. The van der Waals surface area contributed by atoms with Crippen LogP contribution in [0.4, 0.5) is 0 Å². The lowest BCUT2D eigenvalue weighted by Crippen LogP contribution is -2.05. The van der Waals surface area contributed by atoms with Gasteiger partial charge in [0, 0.05) is 10.0 Å². The van der Waals surface area contributed by atoms with Crippen molar-refractivity contribution in [3.63, 3.8) is 0 Å². The number of rotatable bonds is 5. The van der Waals surface area contributed by atoms with E-state index < -0.39 is 0 Å². The molecule has 3 rings (SSSR count). The first kappa shape index (κ1) is 17.6. The van der Waals surface area contributed by atoms with E-state index in [-0.39, 0.29) is 6.10 Å². The molecule has 0 bridgehead atoms. The minimum Gasteiger partial charge on any atom is -0.491 e. The molecule has 0 aliphatic carbocycles. The fraction of sp³-hybridized carbons (Fsp3) is 0.167. The predicted molar refractivity (Wildman–Crippen MR) is 106 cm³/mol. The molecule has 25 heavy (non-hydrogen) atoms. The molecule has 0 saturated heterocycles. The molecule has 2 aromatic carbocycles. The molecular weight excluding hydrogens is 400 g/mol. The summed E-state index contributed by atoms with van der Waals surface area (Å²) in [6.45, 7) is 3.98. The first-order chi connectivity index (χ1) is 12.0. The van der Waals surface area contributed by atoms with E-state index in [4.69, 9.17) is 17.0 Å². The molecule has 3 aromatic rings. The van der Waals surface area contributed by atoms with E-state index in [1.165, 1.54) is 0 Å². The lowest BCUT2D eigenvalue weighted by atomic mass is 10.2. The summed E-state index contributed by atoms with van der Waals surface area (Å²) >= 11 is 8.72. The number of hydrogen-bond donors (Lipinski definition) is 1. The van der Waals surface area contributed by atoms with Crippen LogP contribution in [-0.4, -0.2) is 27.2 Å². The monoisotopic (exact) mass is 416 g/mol. The average molecular weight is 417 g/mol. The molecule has 1 N–H and O–H groups in total. The fourth-order valence-corrected chi connectivity index (χ4v) is 2.68. The Bertz CT molecular complexity index is 944. The van der Waals surface area contributed by atoms with Gasteiger partial charge in [0.1, 0.15) is 5.75 Å². The minimum absolute atomic E-state index is 0.103. The van der Waals surface area contributed by atoms with E-state index in [1.54, 1.807) is 10.9 Å². The van der Waals surface area contributed by atoms with Crippen LogP contribution in [0.1, 0.15) is 19.4 Å². The molecule has 0 amide bonds. The van der Waals surface area contributed by atoms with Crippen LogP contribution < -0.4 is 4.74 Å². The molecule has 7 heteroatoms. The van der Waals surface area contributed by atoms with Crippen LogP contribution in [0.3, 0.4) is 0 Å². The van der Waals surface area contributed by atoms with Gasteiger partial charge in [-0.15, -0.1) is 0 Å². The molecule has 0 spiro atoms. The zero-order valence-corrected chi connectivity index (χ0v) is 16.2. The Morgan fingerprint density at radius 3 is 2.72 bits per heavy atom. The number of ether oxygens (including phenoxy) is 1. The molecule has 5 nitrogen and oxygen atoms in total. The van der Waals surface area contributed by atoms with E-state index in [1.807, 2.05) is 62.4 Å². The predicted octanol–water partition coefficient (Wildman–Crippen LogP) is 5.04. The van der Waals surface area contributed by atoms with Crippen LogP contribution in [0.25, 0.3) is 11.4 Å². The molecular formula is C18H17BrN4OS. The topological polar surface area (TPSA) is 55.2 Å². The van der Waals surface area contributed by atoms with Crippen molar-refractivity contribution in [3.8, 4) is 17.1 Å². The van der Waals surface area contributed by atoms with Crippen LogP contribution in [0, 0.1) is 4.77 Å². The summed E-state index contributed by atoms with van der Waals surface area (Å²) in [5, 5.41) is 11.6. The summed E-state index contributed by atoms with van der Waals surface area (Å²) in [7, 11) is 0. The summed E-state index contributed by atoms with van der Waals surface area (Å²) in [6.07, 6.45) is 1.85. The van der Waals surface area contributed by atoms with Crippen LogP contribution in [-0.2, 0) is 0 Å². The highest BCUT2D eigenvalue weighted by Crippen LogP contribution is 2.23. The lowest BCUT2D eigenvalue weighted by molar-refractivity contribution is 0.242. The number of H-pyrrole nitrogens is 1. The first-order valence-electron chi connectivity index (χ1n) is 7.77. The number of halogens is 1. The van der Waals surface area contributed by atoms with Crippen molar-refractivity contribution in [1.82, 2.24) is 14.9 Å². The maximum absolute atomic E-state index is 5.75. The quantitative estimate of drug-likeness (QED) is 0.468. The minimum atomic E-state index is 0.103. The number of aromatic amines is 1. The van der Waals surface area contributed by atoms with Crippen molar-refractivity contribution >= 4 is 34.4 Å². The van der Waals surface area contributed by atoms with Crippen LogP contribution in [0.15, 0.2) is 58.1 Å². The fourth-order valence-electron chi connectivity index (χ4n) is 2.24. The van der Waals surface area contributed by atoms with Gasteiger partial charge in [-0.2, -0.15) is 14.9 Å². The number of nitrogens with zero attached hydrogens (tertiary/aromatic N) is 3. The van der Waals surface area contributed by atoms with Gasteiger partial charge in [-0.3, -0.25) is 0 Å². The smallest absolute Gasteiger partial charge is 0.216 e. The highest BCUT2D eigenvalue weighted by Gasteiger charge is 2.09. The second-order valence-electron chi connectivity index (χ2n) is 5.65. The van der Waals surface area contributed by atoms with E-state index in [0.717, 1.165) is 21.3 Å². The van der Waals surface area contributed by atoms with Crippen molar-refractivity contribution in [1.29, 1.82) is 0 Å². The normalized spacial score (nSPS) is 11.4. The zero-order valence-electron chi connectivity index (χ0n) is 13.8. The van der Waals surface area contributed by atoms with Gasteiger partial charge in [0.25, 0.3) is 0 Å². The van der Waals surface area contributed by atoms with Gasteiger partial charge in [0.15, 0.2) is 5.82 Å². The van der Waals surface area contributed by atoms with Crippen molar-refractivity contribution in [2.75, 3.05) is 0 Å². The van der Waals surface area contributed by atoms with Gasteiger partial charge < -0.3 is 4.74 Å². The molecule has 128 valence electrons. The Kier molecular flexibility index (Phi) is 5.45. The molecule has 0 fully saturated rings. The van der Waals surface area contributed by atoms with Crippen molar-refractivity contribution in [3.05, 3.63) is 63.3 Å². The van der Waals surface area contributed by atoms with Crippen molar-refractivity contribution < 1.29 is 4.74 Å². The lowest BCUT2D eigenvalue weighted by Gasteiger charge is -2.10. The third-order valence-electron chi connectivity index (χ3n) is 3.31. The first-order valence-corrected chi connectivity index (χ1v) is 8.97. The molecule has 1 heterocycles. The SMILES string of the molecule is CC(C)Oc1cccc(-c2n[nH]c(=S)n2/N=C/c2ccc(Br)cc2)c1. The second kappa shape index (κ2) is 7.76. The van der Waals surface area contributed by atoms with Gasteiger partial charge in [-0.1, -0.05) is 40.2 Å². The molecule has 0 atom stereocenters. The van der Waals surface area contributed by atoms with Gasteiger partial charge in [0.2, 0.25) is 4.77 Å². The second-order valence-corrected chi connectivity index (χ2v) is 6.96. The van der Waals surface area contributed by atoms with E-state index >= 15 is 0 Å². The summed E-state index contributed by atoms with van der Waals surface area (Å²) in [4.78, 5) is 0. The van der Waals surface area contributed by atoms with Crippen LogP contribution >= 0.6 is 28.1 Å². The average Bonchev–Trinajstić information content (AvgIpc) is 2.95. The van der Waals surface area contributed by atoms with E-state index in [9.17, 15) is 0 Å².